The first kappa shape index (κ1) is 9.79. The van der Waals surface area contributed by atoms with E-state index in [4.69, 9.17) is 10.8 Å². The lowest BCUT2D eigenvalue weighted by Gasteiger charge is -2.34. The van der Waals surface area contributed by atoms with Crippen LogP contribution in [0.2, 0.25) is 0 Å². The number of carbonyl (C=O) groups is 2. The van der Waals surface area contributed by atoms with Crippen molar-refractivity contribution in [2.24, 2.45) is 5.73 Å². The van der Waals surface area contributed by atoms with Gasteiger partial charge in [0.25, 0.3) is 0 Å². The summed E-state index contributed by atoms with van der Waals surface area (Å²) in [6.07, 6.45) is 1.47. The maximum absolute atomic E-state index is 11.6. The van der Waals surface area contributed by atoms with Gasteiger partial charge in [-0.05, 0) is 12.8 Å². The van der Waals surface area contributed by atoms with E-state index < -0.39 is 18.1 Å². The Bertz CT molecular complexity index is 284. The van der Waals surface area contributed by atoms with E-state index in [-0.39, 0.29) is 11.3 Å². The second kappa shape index (κ2) is 3.43. The van der Waals surface area contributed by atoms with Crippen LogP contribution < -0.4 is 5.73 Å². The van der Waals surface area contributed by atoms with Crippen LogP contribution in [0.15, 0.2) is 0 Å². The highest BCUT2D eigenvalue weighted by Crippen LogP contribution is 2.35. The first-order valence-corrected chi connectivity index (χ1v) is 5.58. The molecule has 2 fully saturated rings. The van der Waals surface area contributed by atoms with Crippen molar-refractivity contribution >= 4 is 23.6 Å². The normalized spacial score (nSPS) is 37.1. The molecule has 6 heteroatoms. The second-order valence-corrected chi connectivity index (χ2v) is 4.78. The van der Waals surface area contributed by atoms with Gasteiger partial charge in [0.2, 0.25) is 5.91 Å². The van der Waals surface area contributed by atoms with E-state index >= 15 is 0 Å². The maximum atomic E-state index is 11.6. The fourth-order valence-corrected chi connectivity index (χ4v) is 3.33. The molecule has 3 atom stereocenters. The fraction of sp³-hybridized carbons (Fsp3) is 0.750. The number of carboxylic acids is 1. The van der Waals surface area contributed by atoms with E-state index in [1.165, 1.54) is 16.7 Å². The number of hydrogen-bond donors (Lipinski definition) is 2. The Hall–Kier alpha value is -0.750. The summed E-state index contributed by atoms with van der Waals surface area (Å²) in [5, 5.41) is 8.94. The van der Waals surface area contributed by atoms with Crippen LogP contribution in [-0.4, -0.2) is 45.1 Å². The topological polar surface area (TPSA) is 83.6 Å². The number of hydrogen-bond acceptors (Lipinski definition) is 4. The maximum Gasteiger partial charge on any atom is 0.327 e. The van der Waals surface area contributed by atoms with Crippen LogP contribution in [0.4, 0.5) is 0 Å². The summed E-state index contributed by atoms with van der Waals surface area (Å²) < 4.78 is 0. The quantitative estimate of drug-likeness (QED) is 0.615. The molecule has 0 saturated carbocycles. The summed E-state index contributed by atoms with van der Waals surface area (Å²) in [5.41, 5.74) is 5.60. The molecular formula is C8H12N2O3S. The average molecular weight is 216 g/mol. The number of fused-ring (bicyclic) bond motifs is 1. The molecule has 3 N–H and O–H groups in total. The molecule has 0 radical (unpaired) electrons. The Morgan fingerprint density at radius 3 is 2.93 bits per heavy atom. The zero-order valence-corrected chi connectivity index (χ0v) is 8.37. The van der Waals surface area contributed by atoms with Gasteiger partial charge in [-0.3, -0.25) is 4.79 Å². The molecule has 0 aromatic heterocycles. The SMILES string of the molecule is N[C@H]1CC[C@H]2SC[C@H](C(=O)O)N2C1=O. The molecule has 2 saturated heterocycles. The van der Waals surface area contributed by atoms with Gasteiger partial charge in [-0.1, -0.05) is 0 Å². The van der Waals surface area contributed by atoms with Crippen molar-refractivity contribution in [2.75, 3.05) is 5.75 Å². The molecule has 0 aliphatic carbocycles. The van der Waals surface area contributed by atoms with Gasteiger partial charge < -0.3 is 15.7 Å². The van der Waals surface area contributed by atoms with E-state index in [1.54, 1.807) is 0 Å². The molecule has 5 nitrogen and oxygen atoms in total. The van der Waals surface area contributed by atoms with Crippen molar-refractivity contribution in [2.45, 2.75) is 30.3 Å². The van der Waals surface area contributed by atoms with Crippen LogP contribution in [0.1, 0.15) is 12.8 Å². The van der Waals surface area contributed by atoms with Gasteiger partial charge in [0, 0.05) is 5.75 Å². The number of carboxylic acid groups (broad SMARTS) is 1. The predicted octanol–water partition coefficient (Wildman–Crippen LogP) is -0.538. The summed E-state index contributed by atoms with van der Waals surface area (Å²) >= 11 is 1.54. The van der Waals surface area contributed by atoms with Crippen LogP contribution >= 0.6 is 11.8 Å². The third kappa shape index (κ3) is 1.38. The molecule has 1 amide bonds. The average Bonchev–Trinajstić information content (AvgIpc) is 2.55. The van der Waals surface area contributed by atoms with E-state index in [0.29, 0.717) is 12.2 Å². The van der Waals surface area contributed by atoms with E-state index in [2.05, 4.69) is 0 Å². The number of rotatable bonds is 1. The molecule has 0 aromatic carbocycles. The first-order chi connectivity index (χ1) is 6.61. The number of carbonyl (C=O) groups excluding carboxylic acids is 1. The highest BCUT2D eigenvalue weighted by molar-refractivity contribution is 8.00. The highest BCUT2D eigenvalue weighted by Gasteiger charge is 2.45. The molecule has 78 valence electrons. The third-order valence-corrected chi connectivity index (χ3v) is 4.03. The van der Waals surface area contributed by atoms with Crippen molar-refractivity contribution < 1.29 is 14.7 Å². The van der Waals surface area contributed by atoms with Crippen molar-refractivity contribution in [1.29, 1.82) is 0 Å². The smallest absolute Gasteiger partial charge is 0.327 e. The fourth-order valence-electron chi connectivity index (χ4n) is 1.91. The van der Waals surface area contributed by atoms with Crippen LogP contribution in [0.25, 0.3) is 0 Å². The number of nitrogens with zero attached hydrogens (tertiary/aromatic N) is 1. The monoisotopic (exact) mass is 216 g/mol. The van der Waals surface area contributed by atoms with Gasteiger partial charge in [0.05, 0.1) is 11.4 Å². The molecule has 0 spiro atoms. The zero-order valence-electron chi connectivity index (χ0n) is 7.55. The van der Waals surface area contributed by atoms with Crippen molar-refractivity contribution in [3.8, 4) is 0 Å². The Morgan fingerprint density at radius 1 is 1.57 bits per heavy atom. The largest absolute Gasteiger partial charge is 0.480 e. The molecular weight excluding hydrogens is 204 g/mol. The molecule has 2 aliphatic rings. The Kier molecular flexibility index (Phi) is 2.40. The number of piperidine rings is 1. The summed E-state index contributed by atoms with van der Waals surface area (Å²) in [4.78, 5) is 24.0. The van der Waals surface area contributed by atoms with Gasteiger partial charge in [-0.2, -0.15) is 0 Å². The Morgan fingerprint density at radius 2 is 2.29 bits per heavy atom. The van der Waals surface area contributed by atoms with Gasteiger partial charge in [0.15, 0.2) is 0 Å². The van der Waals surface area contributed by atoms with E-state index in [9.17, 15) is 9.59 Å². The van der Waals surface area contributed by atoms with Gasteiger partial charge in [-0.25, -0.2) is 4.79 Å². The molecule has 0 bridgehead atoms. The minimum absolute atomic E-state index is 0.0309. The predicted molar refractivity (Wildman–Crippen MR) is 51.7 cm³/mol. The summed E-state index contributed by atoms with van der Waals surface area (Å²) in [6.45, 7) is 0. The minimum Gasteiger partial charge on any atom is -0.480 e. The highest BCUT2D eigenvalue weighted by atomic mass is 32.2. The van der Waals surface area contributed by atoms with Gasteiger partial charge in [-0.15, -0.1) is 11.8 Å². The lowest BCUT2D eigenvalue weighted by Crippen LogP contribution is -2.55. The van der Waals surface area contributed by atoms with Gasteiger partial charge in [0.1, 0.15) is 6.04 Å². The Labute approximate surface area is 85.6 Å². The second-order valence-electron chi connectivity index (χ2n) is 3.57. The molecule has 14 heavy (non-hydrogen) atoms. The standard InChI is InChI=1S/C8H12N2O3S/c9-4-1-2-6-10(7(4)11)5(3-14-6)8(12)13/h4-6H,1-3,9H2,(H,12,13)/t4-,5+,6+/m0/s1. The first-order valence-electron chi connectivity index (χ1n) is 4.53. The van der Waals surface area contributed by atoms with Crippen LogP contribution in [0, 0.1) is 0 Å². The lowest BCUT2D eigenvalue weighted by atomic mass is 10.0. The Balaban J connectivity index is 2.20. The molecule has 2 heterocycles. The molecule has 2 rings (SSSR count). The number of amides is 1. The van der Waals surface area contributed by atoms with E-state index in [0.717, 1.165) is 6.42 Å². The minimum atomic E-state index is -0.928. The van der Waals surface area contributed by atoms with Gasteiger partial charge >= 0.3 is 5.97 Å². The molecule has 0 aromatic rings. The van der Waals surface area contributed by atoms with E-state index in [1.807, 2.05) is 0 Å². The third-order valence-electron chi connectivity index (χ3n) is 2.67. The number of aliphatic carboxylic acids is 1. The number of thioether (sulfide) groups is 1. The molecule has 0 unspecified atom stereocenters. The zero-order chi connectivity index (χ0) is 10.3. The van der Waals surface area contributed by atoms with Crippen molar-refractivity contribution in [3.63, 3.8) is 0 Å². The molecule has 2 aliphatic heterocycles. The van der Waals surface area contributed by atoms with Crippen LogP contribution in [0.3, 0.4) is 0 Å². The summed E-state index contributed by atoms with van der Waals surface area (Å²) in [5.74, 6) is -0.653. The lowest BCUT2D eigenvalue weighted by molar-refractivity contribution is -0.151. The van der Waals surface area contributed by atoms with Crippen molar-refractivity contribution in [1.82, 2.24) is 4.90 Å². The summed E-state index contributed by atoms with van der Waals surface area (Å²) in [6, 6.07) is -1.18. The van der Waals surface area contributed by atoms with Crippen LogP contribution in [0.5, 0.6) is 0 Å². The summed E-state index contributed by atoms with van der Waals surface area (Å²) in [7, 11) is 0. The number of nitrogens with two attached hydrogens (primary N) is 1. The van der Waals surface area contributed by atoms with Crippen molar-refractivity contribution in [3.05, 3.63) is 0 Å². The van der Waals surface area contributed by atoms with Crippen LogP contribution in [-0.2, 0) is 9.59 Å².